The van der Waals surface area contributed by atoms with Crippen LogP contribution < -0.4 is 0 Å². The monoisotopic (exact) mass is 167 g/mol. The lowest BCUT2D eigenvalue weighted by Crippen LogP contribution is -2.04. The van der Waals surface area contributed by atoms with Crippen molar-refractivity contribution in [2.45, 2.75) is 0 Å². The number of hydrogen-bond acceptors (Lipinski definition) is 4. The van der Waals surface area contributed by atoms with Crippen molar-refractivity contribution in [2.24, 2.45) is 4.99 Å². The van der Waals surface area contributed by atoms with Crippen LogP contribution in [0.25, 0.3) is 0 Å². The Kier molecular flexibility index (Phi) is 3.56. The molecule has 0 amide bonds. The minimum absolute atomic E-state index is 0.0255. The zero-order valence-electron chi connectivity index (χ0n) is 4.44. The second-order valence-corrected chi connectivity index (χ2v) is 4.39. The number of nitrogens with zero attached hydrogens (tertiary/aromatic N) is 1. The standard InChI is InChI=1S/C3H5NO3S2/c5-3-4-1-2-9(6,7)8/h1-2H2,(H,6,7,8). The van der Waals surface area contributed by atoms with Crippen LogP contribution in [0, 0.1) is 0 Å². The summed E-state index contributed by atoms with van der Waals surface area (Å²) >= 11 is 4.09. The van der Waals surface area contributed by atoms with Crippen molar-refractivity contribution in [1.82, 2.24) is 0 Å². The van der Waals surface area contributed by atoms with E-state index in [9.17, 15) is 9.00 Å². The molecule has 1 atom stereocenters. The second-order valence-electron chi connectivity index (χ2n) is 1.26. The molecule has 0 aliphatic rings. The van der Waals surface area contributed by atoms with E-state index < -0.39 is 8.77 Å². The van der Waals surface area contributed by atoms with Crippen LogP contribution in [0.15, 0.2) is 4.99 Å². The molecule has 0 aromatic rings. The van der Waals surface area contributed by atoms with E-state index in [0.29, 0.717) is 0 Å². The van der Waals surface area contributed by atoms with Crippen molar-refractivity contribution in [3.05, 3.63) is 0 Å². The summed E-state index contributed by atoms with van der Waals surface area (Å²) in [6.45, 7) is -0.0255. The molecule has 0 saturated carbocycles. The summed E-state index contributed by atoms with van der Waals surface area (Å²) in [5, 5.41) is 0. The third kappa shape index (κ3) is 7.71. The first-order valence-electron chi connectivity index (χ1n) is 2.05. The van der Waals surface area contributed by atoms with Crippen LogP contribution in [-0.4, -0.2) is 27.1 Å². The number of isocyanates is 1. The highest BCUT2D eigenvalue weighted by Crippen LogP contribution is 1.81. The van der Waals surface area contributed by atoms with Gasteiger partial charge in [0.1, 0.15) is 8.77 Å². The van der Waals surface area contributed by atoms with Gasteiger partial charge in [0.15, 0.2) is 0 Å². The molecule has 52 valence electrons. The van der Waals surface area contributed by atoms with E-state index >= 15 is 0 Å². The molecular formula is C3H5NO3S2. The van der Waals surface area contributed by atoms with E-state index in [-0.39, 0.29) is 12.3 Å². The summed E-state index contributed by atoms with van der Waals surface area (Å²) in [6, 6.07) is 0. The van der Waals surface area contributed by atoms with E-state index in [1.54, 1.807) is 0 Å². The van der Waals surface area contributed by atoms with Crippen molar-refractivity contribution in [2.75, 3.05) is 12.3 Å². The van der Waals surface area contributed by atoms with Crippen molar-refractivity contribution < 1.29 is 13.6 Å². The molecule has 0 bridgehead atoms. The van der Waals surface area contributed by atoms with Crippen molar-refractivity contribution in [3.63, 3.8) is 0 Å². The van der Waals surface area contributed by atoms with Gasteiger partial charge in [0, 0.05) is 11.2 Å². The normalized spacial score (nSPS) is 15.7. The Morgan fingerprint density at radius 1 is 1.78 bits per heavy atom. The molecular weight excluding hydrogens is 162 g/mol. The lowest BCUT2D eigenvalue weighted by molar-refractivity contribution is 0.559. The highest BCUT2D eigenvalue weighted by Gasteiger charge is 1.96. The average molecular weight is 167 g/mol. The third-order valence-electron chi connectivity index (χ3n) is 0.526. The largest absolute Gasteiger partial charge is 0.306 e. The maximum absolute atomic E-state index is 10.2. The zero-order chi connectivity index (χ0) is 7.33. The average Bonchev–Trinajstić information content (AvgIpc) is 1.63. The van der Waals surface area contributed by atoms with Crippen LogP contribution in [0.5, 0.6) is 0 Å². The van der Waals surface area contributed by atoms with Gasteiger partial charge in [0.25, 0.3) is 0 Å². The highest BCUT2D eigenvalue weighted by molar-refractivity contribution is 8.29. The Balaban J connectivity index is 3.66. The maximum atomic E-state index is 10.2. The molecule has 0 heterocycles. The van der Waals surface area contributed by atoms with E-state index in [2.05, 4.69) is 16.2 Å². The third-order valence-corrected chi connectivity index (χ3v) is 1.72. The van der Waals surface area contributed by atoms with Gasteiger partial charge in [-0.3, -0.25) is 0 Å². The molecule has 0 radical (unpaired) electrons. The van der Waals surface area contributed by atoms with Gasteiger partial charge < -0.3 is 4.55 Å². The van der Waals surface area contributed by atoms with Gasteiger partial charge >= 0.3 is 0 Å². The smallest absolute Gasteiger partial charge is 0.234 e. The van der Waals surface area contributed by atoms with Gasteiger partial charge in [-0.25, -0.2) is 14.0 Å². The summed E-state index contributed by atoms with van der Waals surface area (Å²) < 4.78 is 18.6. The molecule has 0 fully saturated rings. The molecule has 4 nitrogen and oxygen atoms in total. The molecule has 1 N–H and O–H groups in total. The number of carbonyl (C=O) groups excluding carboxylic acids is 1. The van der Waals surface area contributed by atoms with Crippen molar-refractivity contribution >= 4 is 26.0 Å². The quantitative estimate of drug-likeness (QED) is 0.456. The Morgan fingerprint density at radius 3 is 2.67 bits per heavy atom. The molecule has 6 heteroatoms. The fraction of sp³-hybridized carbons (Fsp3) is 0.667. The zero-order valence-corrected chi connectivity index (χ0v) is 6.07. The maximum Gasteiger partial charge on any atom is 0.234 e. The molecule has 0 aliphatic carbocycles. The molecule has 9 heavy (non-hydrogen) atoms. The lowest BCUT2D eigenvalue weighted by atomic mass is 10.8. The molecule has 0 rings (SSSR count). The summed E-state index contributed by atoms with van der Waals surface area (Å²) in [5.41, 5.74) is 0. The predicted molar refractivity (Wildman–Crippen MR) is 36.0 cm³/mol. The van der Waals surface area contributed by atoms with Crippen LogP contribution in [0.4, 0.5) is 0 Å². The van der Waals surface area contributed by atoms with Gasteiger partial charge in [-0.05, 0) is 0 Å². The Labute approximate surface area is 57.5 Å². The summed E-state index contributed by atoms with van der Waals surface area (Å²) in [5.74, 6) is -0.155. The molecule has 1 unspecified atom stereocenters. The first kappa shape index (κ1) is 8.71. The van der Waals surface area contributed by atoms with Crippen LogP contribution in [-0.2, 0) is 24.8 Å². The lowest BCUT2D eigenvalue weighted by Gasteiger charge is -1.90. The SMILES string of the molecule is O=C=NCCS(=O)(O)=S. The summed E-state index contributed by atoms with van der Waals surface area (Å²) in [4.78, 5) is 12.4. The molecule has 0 aromatic heterocycles. The molecule has 0 spiro atoms. The van der Waals surface area contributed by atoms with Gasteiger partial charge in [-0.1, -0.05) is 0 Å². The Morgan fingerprint density at radius 2 is 2.33 bits per heavy atom. The second kappa shape index (κ2) is 3.68. The van der Waals surface area contributed by atoms with Crippen LogP contribution in [0.2, 0.25) is 0 Å². The van der Waals surface area contributed by atoms with Gasteiger partial charge in [0.2, 0.25) is 6.08 Å². The number of hydrogen-bond donors (Lipinski definition) is 1. The predicted octanol–water partition coefficient (Wildman–Crippen LogP) is -0.458. The summed E-state index contributed by atoms with van der Waals surface area (Å²) in [7, 11) is -3.14. The highest BCUT2D eigenvalue weighted by atomic mass is 32.8. The van der Waals surface area contributed by atoms with E-state index in [1.807, 2.05) is 0 Å². The van der Waals surface area contributed by atoms with E-state index in [0.717, 1.165) is 0 Å². The van der Waals surface area contributed by atoms with Gasteiger partial charge in [0.05, 0.1) is 12.3 Å². The molecule has 0 saturated heterocycles. The van der Waals surface area contributed by atoms with Crippen LogP contribution >= 0.6 is 0 Å². The van der Waals surface area contributed by atoms with Crippen LogP contribution in [0.1, 0.15) is 0 Å². The van der Waals surface area contributed by atoms with E-state index in [4.69, 9.17) is 4.55 Å². The Bertz CT molecular complexity index is 213. The van der Waals surface area contributed by atoms with Crippen LogP contribution in [0.3, 0.4) is 0 Å². The fourth-order valence-corrected chi connectivity index (χ4v) is 0.752. The van der Waals surface area contributed by atoms with E-state index in [1.165, 1.54) is 6.08 Å². The number of aliphatic imine (C=N–C) groups is 1. The minimum Gasteiger partial charge on any atom is -0.306 e. The fourth-order valence-electron chi connectivity index (χ4n) is 0.207. The number of rotatable bonds is 3. The topological polar surface area (TPSA) is 66.7 Å². The molecule has 0 aliphatic heterocycles. The van der Waals surface area contributed by atoms with Crippen molar-refractivity contribution in [3.8, 4) is 0 Å². The first-order valence-corrected chi connectivity index (χ1v) is 4.66. The van der Waals surface area contributed by atoms with Gasteiger partial charge in [-0.2, -0.15) is 0 Å². The summed E-state index contributed by atoms with van der Waals surface area (Å²) in [6.07, 6.45) is 1.23. The van der Waals surface area contributed by atoms with Gasteiger partial charge in [-0.15, -0.1) is 0 Å². The van der Waals surface area contributed by atoms with Crippen molar-refractivity contribution in [1.29, 1.82) is 0 Å². The minimum atomic E-state index is -3.14. The molecule has 0 aromatic carbocycles. The first-order chi connectivity index (χ1) is 4.06. The Hall–Kier alpha value is -0.290.